The molecule has 0 spiro atoms. The van der Waals surface area contributed by atoms with E-state index in [-0.39, 0.29) is 24.9 Å². The van der Waals surface area contributed by atoms with Crippen LogP contribution in [0.3, 0.4) is 0 Å². The van der Waals surface area contributed by atoms with Crippen LogP contribution in [0.2, 0.25) is 0 Å². The number of carbonyl (C=O) groups is 1. The molecule has 0 fully saturated rings. The Hall–Kier alpha value is -1.82. The average Bonchev–Trinajstić information content (AvgIpc) is 2.78. The topological polar surface area (TPSA) is 75.8 Å². The summed E-state index contributed by atoms with van der Waals surface area (Å²) in [5, 5.41) is 8.89. The summed E-state index contributed by atoms with van der Waals surface area (Å²) in [6.07, 6.45) is 2.89. The molecule has 1 heterocycles. The number of rotatable bonds is 7. The van der Waals surface area contributed by atoms with E-state index in [2.05, 4.69) is 11.6 Å². The standard InChI is InChI=1S/C11H16N2O4/c1-3-5-13(6-7-14)11-12-9(8-17-11)10(15)16-4-2/h3,8,14H,1,4-7H2,2H3. The second-order valence-electron chi connectivity index (χ2n) is 3.19. The summed E-state index contributed by atoms with van der Waals surface area (Å²) < 4.78 is 9.95. The van der Waals surface area contributed by atoms with Gasteiger partial charge in [-0.05, 0) is 6.92 Å². The lowest BCUT2D eigenvalue weighted by molar-refractivity contribution is 0.0519. The molecule has 0 aromatic carbocycles. The van der Waals surface area contributed by atoms with Crippen LogP contribution < -0.4 is 4.90 Å². The molecule has 94 valence electrons. The third-order valence-electron chi connectivity index (χ3n) is 1.97. The van der Waals surface area contributed by atoms with Gasteiger partial charge in [0.25, 0.3) is 6.01 Å². The second kappa shape index (κ2) is 6.70. The van der Waals surface area contributed by atoms with E-state index in [0.717, 1.165) is 0 Å². The maximum absolute atomic E-state index is 11.4. The molecule has 0 amide bonds. The van der Waals surface area contributed by atoms with Gasteiger partial charge in [-0.25, -0.2) is 4.79 Å². The number of oxazole rings is 1. The molecule has 17 heavy (non-hydrogen) atoms. The van der Waals surface area contributed by atoms with E-state index in [1.54, 1.807) is 17.9 Å². The smallest absolute Gasteiger partial charge is 0.360 e. The van der Waals surface area contributed by atoms with Gasteiger partial charge < -0.3 is 19.2 Å². The monoisotopic (exact) mass is 240 g/mol. The molecule has 0 atom stereocenters. The molecule has 0 radical (unpaired) electrons. The van der Waals surface area contributed by atoms with E-state index in [9.17, 15) is 4.79 Å². The highest BCUT2D eigenvalue weighted by Crippen LogP contribution is 2.14. The minimum absolute atomic E-state index is 0.0367. The van der Waals surface area contributed by atoms with Crippen molar-refractivity contribution in [1.29, 1.82) is 0 Å². The molecule has 0 unspecified atom stereocenters. The highest BCUT2D eigenvalue weighted by atomic mass is 16.5. The number of hydrogen-bond donors (Lipinski definition) is 1. The summed E-state index contributed by atoms with van der Waals surface area (Å²) in [4.78, 5) is 17.0. The van der Waals surface area contributed by atoms with Gasteiger partial charge in [-0.1, -0.05) is 6.08 Å². The molecule has 1 rings (SSSR count). The fourth-order valence-electron chi connectivity index (χ4n) is 1.25. The fourth-order valence-corrected chi connectivity index (χ4v) is 1.25. The van der Waals surface area contributed by atoms with Gasteiger partial charge in [-0.2, -0.15) is 4.98 Å². The third-order valence-corrected chi connectivity index (χ3v) is 1.97. The molecule has 0 aliphatic carbocycles. The summed E-state index contributed by atoms with van der Waals surface area (Å²) in [7, 11) is 0. The average molecular weight is 240 g/mol. The minimum Gasteiger partial charge on any atom is -0.461 e. The van der Waals surface area contributed by atoms with Gasteiger partial charge in [0.1, 0.15) is 6.26 Å². The third kappa shape index (κ3) is 3.60. The number of aromatic nitrogens is 1. The Morgan fingerprint density at radius 3 is 3.12 bits per heavy atom. The quantitative estimate of drug-likeness (QED) is 0.562. The summed E-state index contributed by atoms with van der Waals surface area (Å²) in [5.74, 6) is -0.523. The predicted octanol–water partition coefficient (Wildman–Crippen LogP) is 0.836. The molecular weight excluding hydrogens is 224 g/mol. The first kappa shape index (κ1) is 13.2. The normalized spacial score (nSPS) is 10.0. The van der Waals surface area contributed by atoms with Gasteiger partial charge in [0.2, 0.25) is 0 Å². The zero-order valence-electron chi connectivity index (χ0n) is 9.76. The Bertz CT molecular complexity index is 375. The molecule has 0 saturated carbocycles. The van der Waals surface area contributed by atoms with Gasteiger partial charge in [-0.3, -0.25) is 0 Å². The molecule has 0 bridgehead atoms. The highest BCUT2D eigenvalue weighted by molar-refractivity contribution is 5.87. The van der Waals surface area contributed by atoms with E-state index < -0.39 is 5.97 Å². The predicted molar refractivity (Wildman–Crippen MR) is 62.0 cm³/mol. The van der Waals surface area contributed by atoms with Crippen molar-refractivity contribution < 1.29 is 19.1 Å². The summed E-state index contributed by atoms with van der Waals surface area (Å²) in [6.45, 7) is 6.39. The first-order valence-corrected chi connectivity index (χ1v) is 5.32. The largest absolute Gasteiger partial charge is 0.461 e. The Morgan fingerprint density at radius 1 is 1.76 bits per heavy atom. The first-order valence-electron chi connectivity index (χ1n) is 5.32. The Kier molecular flexibility index (Phi) is 5.22. The van der Waals surface area contributed by atoms with Gasteiger partial charge >= 0.3 is 5.97 Å². The van der Waals surface area contributed by atoms with Crippen molar-refractivity contribution in [3.63, 3.8) is 0 Å². The molecule has 1 aromatic rings. The highest BCUT2D eigenvalue weighted by Gasteiger charge is 2.16. The minimum atomic E-state index is -0.523. The zero-order chi connectivity index (χ0) is 12.7. The maximum atomic E-state index is 11.4. The lowest BCUT2D eigenvalue weighted by Crippen LogP contribution is -2.27. The molecular formula is C11H16N2O4. The molecule has 0 aliphatic rings. The van der Waals surface area contributed by atoms with Crippen LogP contribution in [0.4, 0.5) is 6.01 Å². The van der Waals surface area contributed by atoms with Crippen LogP contribution in [0.5, 0.6) is 0 Å². The molecule has 0 saturated heterocycles. The Morgan fingerprint density at radius 2 is 2.53 bits per heavy atom. The molecule has 0 aliphatic heterocycles. The second-order valence-corrected chi connectivity index (χ2v) is 3.19. The van der Waals surface area contributed by atoms with Crippen LogP contribution in [-0.4, -0.2) is 42.4 Å². The van der Waals surface area contributed by atoms with Crippen LogP contribution in [0, 0.1) is 0 Å². The van der Waals surface area contributed by atoms with E-state index in [1.807, 2.05) is 0 Å². The summed E-state index contributed by atoms with van der Waals surface area (Å²) >= 11 is 0. The van der Waals surface area contributed by atoms with Crippen LogP contribution in [-0.2, 0) is 4.74 Å². The lowest BCUT2D eigenvalue weighted by atomic mass is 10.5. The number of aliphatic hydroxyl groups excluding tert-OH is 1. The fraction of sp³-hybridized carbons (Fsp3) is 0.455. The zero-order valence-corrected chi connectivity index (χ0v) is 9.76. The van der Waals surface area contributed by atoms with Crippen molar-refractivity contribution in [3.05, 3.63) is 24.6 Å². The SMILES string of the molecule is C=CCN(CCO)c1nc(C(=O)OCC)co1. The van der Waals surface area contributed by atoms with Gasteiger partial charge in [-0.15, -0.1) is 6.58 Å². The number of anilines is 1. The molecule has 1 N–H and O–H groups in total. The van der Waals surface area contributed by atoms with E-state index in [1.165, 1.54) is 6.26 Å². The number of carbonyl (C=O) groups excluding carboxylic acids is 1. The Balaban J connectivity index is 2.76. The Labute approximate surface area is 99.5 Å². The number of ether oxygens (including phenoxy) is 1. The van der Waals surface area contributed by atoms with Crippen LogP contribution in [0.25, 0.3) is 0 Å². The van der Waals surface area contributed by atoms with Crippen molar-refractivity contribution in [2.45, 2.75) is 6.92 Å². The van der Waals surface area contributed by atoms with Gasteiger partial charge in [0.15, 0.2) is 5.69 Å². The number of aliphatic hydroxyl groups is 1. The first-order chi connectivity index (χ1) is 8.22. The number of nitrogens with zero attached hydrogens (tertiary/aromatic N) is 2. The van der Waals surface area contributed by atoms with Crippen molar-refractivity contribution in [2.24, 2.45) is 0 Å². The number of esters is 1. The van der Waals surface area contributed by atoms with Crippen LogP contribution in [0.15, 0.2) is 23.3 Å². The number of hydrogen-bond acceptors (Lipinski definition) is 6. The van der Waals surface area contributed by atoms with Gasteiger partial charge in [0.05, 0.1) is 13.2 Å². The van der Waals surface area contributed by atoms with E-state index in [0.29, 0.717) is 13.1 Å². The lowest BCUT2D eigenvalue weighted by Gasteiger charge is -2.16. The van der Waals surface area contributed by atoms with E-state index >= 15 is 0 Å². The van der Waals surface area contributed by atoms with Crippen molar-refractivity contribution in [2.75, 3.05) is 31.2 Å². The summed E-state index contributed by atoms with van der Waals surface area (Å²) in [6, 6.07) is 0.266. The van der Waals surface area contributed by atoms with Crippen molar-refractivity contribution in [1.82, 2.24) is 4.98 Å². The maximum Gasteiger partial charge on any atom is 0.360 e. The van der Waals surface area contributed by atoms with Crippen LogP contribution >= 0.6 is 0 Å². The van der Waals surface area contributed by atoms with Crippen molar-refractivity contribution in [3.8, 4) is 0 Å². The van der Waals surface area contributed by atoms with Crippen molar-refractivity contribution >= 4 is 12.0 Å². The molecule has 6 nitrogen and oxygen atoms in total. The van der Waals surface area contributed by atoms with E-state index in [4.69, 9.17) is 14.3 Å². The molecule has 1 aromatic heterocycles. The van der Waals surface area contributed by atoms with Gasteiger partial charge in [0, 0.05) is 13.1 Å². The summed E-state index contributed by atoms with van der Waals surface area (Å²) in [5.41, 5.74) is 0.119. The van der Waals surface area contributed by atoms with Crippen LogP contribution in [0.1, 0.15) is 17.4 Å². The molecule has 6 heteroatoms.